The lowest BCUT2D eigenvalue weighted by Crippen LogP contribution is -2.37. The van der Waals surface area contributed by atoms with Crippen LogP contribution in [0.15, 0.2) is 47.4 Å². The highest BCUT2D eigenvalue weighted by Crippen LogP contribution is 2.29. The number of para-hydroxylation sites is 1. The predicted octanol–water partition coefficient (Wildman–Crippen LogP) is 2.77. The zero-order valence-electron chi connectivity index (χ0n) is 14.7. The second kappa shape index (κ2) is 8.18. The molecule has 0 heterocycles. The fourth-order valence-electron chi connectivity index (χ4n) is 2.47. The first-order valence-electron chi connectivity index (χ1n) is 7.86. The Labute approximate surface area is 152 Å². The first-order valence-corrected chi connectivity index (χ1v) is 9.30. The van der Waals surface area contributed by atoms with Crippen molar-refractivity contribution in [2.75, 3.05) is 25.1 Å². The Balaban J connectivity index is 2.60. The first-order chi connectivity index (χ1) is 12.3. The number of sulfonamides is 1. The van der Waals surface area contributed by atoms with E-state index in [1.165, 1.54) is 26.4 Å². The van der Waals surface area contributed by atoms with Gasteiger partial charge in [0.25, 0.3) is 10.0 Å². The van der Waals surface area contributed by atoms with Crippen LogP contribution in [0.3, 0.4) is 0 Å². The van der Waals surface area contributed by atoms with Gasteiger partial charge in [-0.3, -0.25) is 9.10 Å². The zero-order valence-corrected chi connectivity index (χ0v) is 15.5. The van der Waals surface area contributed by atoms with Gasteiger partial charge in [0.15, 0.2) is 11.6 Å². The topological polar surface area (TPSA) is 72.9 Å². The van der Waals surface area contributed by atoms with Gasteiger partial charge >= 0.3 is 5.97 Å². The summed E-state index contributed by atoms with van der Waals surface area (Å²) < 4.78 is 50.6. The van der Waals surface area contributed by atoms with Crippen LogP contribution in [-0.4, -0.2) is 35.2 Å². The molecule has 0 aromatic heterocycles. The van der Waals surface area contributed by atoms with E-state index in [1.54, 1.807) is 24.3 Å². The van der Waals surface area contributed by atoms with Crippen LogP contribution in [0, 0.1) is 5.82 Å². The molecule has 8 heteroatoms. The molecule has 0 N–H and O–H groups in total. The van der Waals surface area contributed by atoms with Crippen LogP contribution in [0.25, 0.3) is 0 Å². The highest BCUT2D eigenvalue weighted by atomic mass is 32.2. The lowest BCUT2D eigenvalue weighted by atomic mass is 10.1. The summed E-state index contributed by atoms with van der Waals surface area (Å²) in [7, 11) is -1.74. The Bertz CT molecular complexity index is 898. The van der Waals surface area contributed by atoms with E-state index >= 15 is 0 Å². The van der Waals surface area contributed by atoms with Crippen molar-refractivity contribution in [1.29, 1.82) is 0 Å². The fraction of sp³-hybridized carbons (Fsp3) is 0.278. The largest absolute Gasteiger partial charge is 0.494 e. The number of hydrogen-bond donors (Lipinski definition) is 0. The van der Waals surface area contributed by atoms with E-state index in [2.05, 4.69) is 4.74 Å². The number of rotatable bonds is 7. The maximum absolute atomic E-state index is 14.0. The predicted molar refractivity (Wildman–Crippen MR) is 95.3 cm³/mol. The highest BCUT2D eigenvalue weighted by Gasteiger charge is 2.29. The van der Waals surface area contributed by atoms with Gasteiger partial charge in [-0.2, -0.15) is 0 Å². The molecule has 0 unspecified atom stereocenters. The second-order valence-corrected chi connectivity index (χ2v) is 7.23. The number of methoxy groups -OCH3 is 2. The molecule has 2 rings (SSSR count). The van der Waals surface area contributed by atoms with Crippen LogP contribution in [0.1, 0.15) is 12.5 Å². The maximum atomic E-state index is 14.0. The van der Waals surface area contributed by atoms with Crippen LogP contribution in [0.5, 0.6) is 5.75 Å². The number of hydrogen-bond acceptors (Lipinski definition) is 5. The molecule has 140 valence electrons. The van der Waals surface area contributed by atoms with Gasteiger partial charge in [0.2, 0.25) is 0 Å². The average molecular weight is 381 g/mol. The van der Waals surface area contributed by atoms with E-state index in [1.807, 2.05) is 6.92 Å². The summed E-state index contributed by atoms with van der Waals surface area (Å²) in [4.78, 5) is 11.5. The van der Waals surface area contributed by atoms with Gasteiger partial charge in [-0.15, -0.1) is 0 Å². The minimum atomic E-state index is -4.20. The lowest BCUT2D eigenvalue weighted by Gasteiger charge is -2.25. The molecular formula is C18H20FNO5S. The molecule has 0 amide bonds. The second-order valence-electron chi connectivity index (χ2n) is 5.37. The average Bonchev–Trinajstić information content (AvgIpc) is 2.65. The van der Waals surface area contributed by atoms with Crippen LogP contribution >= 0.6 is 0 Å². The van der Waals surface area contributed by atoms with Crippen LogP contribution in [-0.2, 0) is 26.0 Å². The molecule has 0 spiro atoms. The van der Waals surface area contributed by atoms with Crippen molar-refractivity contribution in [2.45, 2.75) is 18.2 Å². The van der Waals surface area contributed by atoms with Crippen molar-refractivity contribution in [3.63, 3.8) is 0 Å². The summed E-state index contributed by atoms with van der Waals surface area (Å²) in [5, 5.41) is 0. The lowest BCUT2D eigenvalue weighted by molar-refractivity contribution is -0.138. The minimum Gasteiger partial charge on any atom is -0.494 e. The van der Waals surface area contributed by atoms with E-state index in [9.17, 15) is 17.6 Å². The Morgan fingerprint density at radius 3 is 2.42 bits per heavy atom. The third-order valence-electron chi connectivity index (χ3n) is 3.85. The summed E-state index contributed by atoms with van der Waals surface area (Å²) in [5.41, 5.74) is 1.07. The molecule has 0 saturated carbocycles. The summed E-state index contributed by atoms with van der Waals surface area (Å²) in [6.07, 6.45) is 0.556. The van der Waals surface area contributed by atoms with Gasteiger partial charge < -0.3 is 9.47 Å². The Morgan fingerprint density at radius 1 is 1.15 bits per heavy atom. The van der Waals surface area contributed by atoms with Crippen molar-refractivity contribution in [3.8, 4) is 5.75 Å². The van der Waals surface area contributed by atoms with Crippen molar-refractivity contribution in [1.82, 2.24) is 0 Å². The molecule has 2 aromatic carbocycles. The molecule has 0 aliphatic rings. The number of halogens is 1. The molecule has 2 aromatic rings. The third kappa shape index (κ3) is 3.96. The summed E-state index contributed by atoms with van der Waals surface area (Å²) in [5.74, 6) is -1.61. The molecule has 0 radical (unpaired) electrons. The standard InChI is InChI=1S/C18H20FNO5S/c1-4-13-7-5-6-8-16(13)20(12-18(21)25-3)26(22,23)14-9-10-17(24-2)15(19)11-14/h5-11H,4,12H2,1-3H3. The van der Waals surface area contributed by atoms with Crippen molar-refractivity contribution in [3.05, 3.63) is 53.8 Å². The summed E-state index contributed by atoms with van der Waals surface area (Å²) >= 11 is 0. The van der Waals surface area contributed by atoms with Gasteiger partial charge in [0, 0.05) is 0 Å². The molecule has 6 nitrogen and oxygen atoms in total. The van der Waals surface area contributed by atoms with Crippen LogP contribution in [0.4, 0.5) is 10.1 Å². The molecule has 0 aliphatic carbocycles. The van der Waals surface area contributed by atoms with E-state index in [-0.39, 0.29) is 10.6 Å². The van der Waals surface area contributed by atoms with Crippen molar-refractivity contribution >= 4 is 21.7 Å². The number of esters is 1. The summed E-state index contributed by atoms with van der Waals surface area (Å²) in [6.45, 7) is 1.35. The number of carbonyl (C=O) groups excluding carboxylic acids is 1. The minimum absolute atomic E-state index is 0.0718. The number of carbonyl (C=O) groups is 1. The van der Waals surface area contributed by atoms with Crippen LogP contribution < -0.4 is 9.04 Å². The Morgan fingerprint density at radius 2 is 1.85 bits per heavy atom. The Kier molecular flexibility index (Phi) is 6.20. The van der Waals surface area contributed by atoms with Gasteiger partial charge in [0.1, 0.15) is 6.54 Å². The summed E-state index contributed by atoms with van der Waals surface area (Å²) in [6, 6.07) is 10.1. The van der Waals surface area contributed by atoms with E-state index in [0.29, 0.717) is 12.1 Å². The number of benzene rings is 2. The first kappa shape index (κ1) is 19.7. The van der Waals surface area contributed by atoms with E-state index < -0.39 is 28.4 Å². The maximum Gasteiger partial charge on any atom is 0.326 e. The molecule has 0 atom stereocenters. The van der Waals surface area contributed by atoms with Crippen LogP contribution in [0.2, 0.25) is 0 Å². The quantitative estimate of drug-likeness (QED) is 0.690. The molecular weight excluding hydrogens is 361 g/mol. The zero-order chi connectivity index (χ0) is 19.3. The van der Waals surface area contributed by atoms with Crippen molar-refractivity contribution in [2.24, 2.45) is 0 Å². The number of aryl methyl sites for hydroxylation is 1. The number of ether oxygens (including phenoxy) is 2. The highest BCUT2D eigenvalue weighted by molar-refractivity contribution is 7.92. The number of nitrogens with zero attached hydrogens (tertiary/aromatic N) is 1. The van der Waals surface area contributed by atoms with Gasteiger partial charge in [-0.05, 0) is 36.2 Å². The SMILES string of the molecule is CCc1ccccc1N(CC(=O)OC)S(=O)(=O)c1ccc(OC)c(F)c1. The smallest absolute Gasteiger partial charge is 0.326 e. The normalized spacial score (nSPS) is 11.1. The monoisotopic (exact) mass is 381 g/mol. The van der Waals surface area contributed by atoms with Crippen molar-refractivity contribution < 1.29 is 27.1 Å². The molecule has 0 bridgehead atoms. The molecule has 0 fully saturated rings. The van der Waals surface area contributed by atoms with E-state index in [0.717, 1.165) is 15.9 Å². The molecule has 0 saturated heterocycles. The van der Waals surface area contributed by atoms with E-state index in [4.69, 9.17) is 4.74 Å². The van der Waals surface area contributed by atoms with Gasteiger partial charge in [-0.1, -0.05) is 25.1 Å². The fourth-order valence-corrected chi connectivity index (χ4v) is 3.93. The Hall–Kier alpha value is -2.61. The molecule has 26 heavy (non-hydrogen) atoms. The van der Waals surface area contributed by atoms with Gasteiger partial charge in [0.05, 0.1) is 24.8 Å². The van der Waals surface area contributed by atoms with Gasteiger partial charge in [-0.25, -0.2) is 12.8 Å². The third-order valence-corrected chi connectivity index (χ3v) is 5.61. The molecule has 0 aliphatic heterocycles. The number of anilines is 1.